The standard InChI is InChI=1S/C17H17NOS.ClH/c18-11-10-16(17-9-4-12-20-17)19-15-8-3-6-13-5-1-2-7-14(13)15;/h1-9,12,16H,10-11,18H2;1H/t16-;/m0./s1. The van der Waals surface area contributed by atoms with Crippen molar-refractivity contribution >= 4 is 34.5 Å². The predicted molar refractivity (Wildman–Crippen MR) is 92.6 cm³/mol. The van der Waals surface area contributed by atoms with Gasteiger partial charge in [0.1, 0.15) is 11.9 Å². The summed E-state index contributed by atoms with van der Waals surface area (Å²) >= 11 is 1.72. The molecule has 0 aliphatic rings. The maximum atomic E-state index is 6.24. The van der Waals surface area contributed by atoms with Gasteiger partial charge in [0.15, 0.2) is 0 Å². The molecule has 2 N–H and O–H groups in total. The molecule has 21 heavy (non-hydrogen) atoms. The van der Waals surface area contributed by atoms with Crippen LogP contribution in [0.15, 0.2) is 60.0 Å². The van der Waals surface area contributed by atoms with Gasteiger partial charge in [0.05, 0.1) is 0 Å². The van der Waals surface area contributed by atoms with E-state index in [0.29, 0.717) is 6.54 Å². The van der Waals surface area contributed by atoms with Crippen LogP contribution in [0.1, 0.15) is 17.4 Å². The Morgan fingerprint density at radius 3 is 2.57 bits per heavy atom. The molecule has 0 fully saturated rings. The van der Waals surface area contributed by atoms with E-state index in [1.165, 1.54) is 10.3 Å². The molecule has 2 nitrogen and oxygen atoms in total. The summed E-state index contributed by atoms with van der Waals surface area (Å²) in [7, 11) is 0. The van der Waals surface area contributed by atoms with Crippen molar-refractivity contribution in [2.24, 2.45) is 5.73 Å². The van der Waals surface area contributed by atoms with Crippen LogP contribution in [-0.4, -0.2) is 6.54 Å². The van der Waals surface area contributed by atoms with Crippen molar-refractivity contribution in [1.82, 2.24) is 0 Å². The van der Waals surface area contributed by atoms with E-state index < -0.39 is 0 Å². The molecule has 4 heteroatoms. The molecular formula is C17H18ClNOS. The average molecular weight is 320 g/mol. The number of rotatable bonds is 5. The lowest BCUT2D eigenvalue weighted by Gasteiger charge is -2.18. The maximum absolute atomic E-state index is 6.24. The molecule has 0 amide bonds. The first kappa shape index (κ1) is 15.8. The Labute approximate surface area is 135 Å². The minimum Gasteiger partial charge on any atom is -0.484 e. The van der Waals surface area contributed by atoms with Crippen molar-refractivity contribution in [1.29, 1.82) is 0 Å². The van der Waals surface area contributed by atoms with Crippen LogP contribution in [0.5, 0.6) is 5.75 Å². The van der Waals surface area contributed by atoms with Crippen LogP contribution in [0.4, 0.5) is 0 Å². The van der Waals surface area contributed by atoms with Crippen molar-refractivity contribution in [3.05, 3.63) is 64.9 Å². The topological polar surface area (TPSA) is 35.2 Å². The van der Waals surface area contributed by atoms with Gasteiger partial charge in [-0.15, -0.1) is 23.7 Å². The normalized spacial score (nSPS) is 11.9. The third kappa shape index (κ3) is 3.56. The van der Waals surface area contributed by atoms with E-state index in [9.17, 15) is 0 Å². The van der Waals surface area contributed by atoms with Gasteiger partial charge in [-0.1, -0.05) is 42.5 Å². The molecule has 0 spiro atoms. The summed E-state index contributed by atoms with van der Waals surface area (Å²) in [5, 5.41) is 4.42. The number of fused-ring (bicyclic) bond motifs is 1. The highest BCUT2D eigenvalue weighted by molar-refractivity contribution is 7.10. The summed E-state index contributed by atoms with van der Waals surface area (Å²) in [5.74, 6) is 0.926. The lowest BCUT2D eigenvalue weighted by Crippen LogP contribution is -2.12. The van der Waals surface area contributed by atoms with Crippen molar-refractivity contribution in [3.63, 3.8) is 0 Å². The average Bonchev–Trinajstić information content (AvgIpc) is 3.01. The first-order valence-corrected chi connectivity index (χ1v) is 7.64. The van der Waals surface area contributed by atoms with Gasteiger partial charge < -0.3 is 10.5 Å². The smallest absolute Gasteiger partial charge is 0.134 e. The number of thiophene rings is 1. The van der Waals surface area contributed by atoms with Crippen LogP contribution in [0.3, 0.4) is 0 Å². The summed E-state index contributed by atoms with van der Waals surface area (Å²) in [6.45, 7) is 0.618. The first-order valence-electron chi connectivity index (χ1n) is 6.76. The van der Waals surface area contributed by atoms with Gasteiger partial charge in [-0.25, -0.2) is 0 Å². The zero-order valence-corrected chi connectivity index (χ0v) is 13.2. The Kier molecular flexibility index (Phi) is 5.62. The van der Waals surface area contributed by atoms with Crippen LogP contribution < -0.4 is 10.5 Å². The highest BCUT2D eigenvalue weighted by Gasteiger charge is 2.14. The number of benzene rings is 2. The molecule has 2 aromatic carbocycles. The number of halogens is 1. The first-order chi connectivity index (χ1) is 9.88. The van der Waals surface area contributed by atoms with E-state index in [1.54, 1.807) is 11.3 Å². The Bertz CT molecular complexity index is 679. The van der Waals surface area contributed by atoms with Gasteiger partial charge >= 0.3 is 0 Å². The lowest BCUT2D eigenvalue weighted by atomic mass is 10.1. The van der Waals surface area contributed by atoms with Gasteiger partial charge in [0.25, 0.3) is 0 Å². The van der Waals surface area contributed by atoms with Crippen LogP contribution in [0, 0.1) is 0 Å². The molecule has 0 radical (unpaired) electrons. The zero-order chi connectivity index (χ0) is 13.8. The predicted octanol–water partition coefficient (Wildman–Crippen LogP) is 4.79. The number of hydrogen-bond acceptors (Lipinski definition) is 3. The summed E-state index contributed by atoms with van der Waals surface area (Å²) in [5.41, 5.74) is 5.73. The fourth-order valence-electron chi connectivity index (χ4n) is 2.34. The molecule has 0 aliphatic heterocycles. The molecule has 0 aliphatic carbocycles. The van der Waals surface area contributed by atoms with E-state index in [0.717, 1.165) is 17.6 Å². The molecular weight excluding hydrogens is 302 g/mol. The molecule has 3 aromatic rings. The summed E-state index contributed by atoms with van der Waals surface area (Å²) in [6, 6.07) is 18.6. The molecule has 0 saturated heterocycles. The van der Waals surface area contributed by atoms with Crippen molar-refractivity contribution < 1.29 is 4.74 Å². The second kappa shape index (κ2) is 7.46. The maximum Gasteiger partial charge on any atom is 0.134 e. The van der Waals surface area contributed by atoms with E-state index >= 15 is 0 Å². The minimum atomic E-state index is 0. The molecule has 0 saturated carbocycles. The minimum absolute atomic E-state index is 0. The summed E-state index contributed by atoms with van der Waals surface area (Å²) < 4.78 is 6.24. The summed E-state index contributed by atoms with van der Waals surface area (Å²) in [4.78, 5) is 1.23. The highest BCUT2D eigenvalue weighted by atomic mass is 35.5. The number of hydrogen-bond donors (Lipinski definition) is 1. The second-order valence-corrected chi connectivity index (χ2v) is 5.66. The fourth-order valence-corrected chi connectivity index (χ4v) is 3.13. The highest BCUT2D eigenvalue weighted by Crippen LogP contribution is 2.32. The summed E-state index contributed by atoms with van der Waals surface area (Å²) in [6.07, 6.45) is 0.856. The Balaban J connectivity index is 0.00000161. The Morgan fingerprint density at radius 2 is 1.81 bits per heavy atom. The Morgan fingerprint density at radius 1 is 1.00 bits per heavy atom. The quantitative estimate of drug-likeness (QED) is 0.733. The van der Waals surface area contributed by atoms with Crippen LogP contribution >= 0.6 is 23.7 Å². The van der Waals surface area contributed by atoms with E-state index in [4.69, 9.17) is 10.5 Å². The van der Waals surface area contributed by atoms with Crippen LogP contribution in [-0.2, 0) is 0 Å². The van der Waals surface area contributed by atoms with E-state index in [2.05, 4.69) is 35.7 Å². The molecule has 1 atom stereocenters. The van der Waals surface area contributed by atoms with Crippen LogP contribution in [0.25, 0.3) is 10.8 Å². The number of nitrogens with two attached hydrogens (primary N) is 1. The molecule has 1 aromatic heterocycles. The van der Waals surface area contributed by atoms with Crippen molar-refractivity contribution in [2.75, 3.05) is 6.54 Å². The fraction of sp³-hybridized carbons (Fsp3) is 0.176. The largest absolute Gasteiger partial charge is 0.484 e. The van der Waals surface area contributed by atoms with Gasteiger partial charge in [-0.05, 0) is 29.4 Å². The number of ether oxygens (including phenoxy) is 1. The monoisotopic (exact) mass is 319 g/mol. The van der Waals surface area contributed by atoms with Crippen LogP contribution in [0.2, 0.25) is 0 Å². The Hall–Kier alpha value is -1.55. The molecule has 110 valence electrons. The van der Waals surface area contributed by atoms with Crippen molar-refractivity contribution in [2.45, 2.75) is 12.5 Å². The SMILES string of the molecule is Cl.NCC[C@H](Oc1cccc2ccccc12)c1cccs1. The van der Waals surface area contributed by atoms with E-state index in [1.807, 2.05) is 24.3 Å². The third-order valence-corrected chi connectivity index (χ3v) is 4.27. The van der Waals surface area contributed by atoms with Crippen molar-refractivity contribution in [3.8, 4) is 5.75 Å². The second-order valence-electron chi connectivity index (χ2n) is 4.68. The van der Waals surface area contributed by atoms with Gasteiger partial charge in [-0.2, -0.15) is 0 Å². The van der Waals surface area contributed by atoms with Gasteiger partial charge in [-0.3, -0.25) is 0 Å². The van der Waals surface area contributed by atoms with Gasteiger partial charge in [0.2, 0.25) is 0 Å². The molecule has 0 unspecified atom stereocenters. The molecule has 3 rings (SSSR count). The molecule has 0 bridgehead atoms. The third-order valence-electron chi connectivity index (χ3n) is 3.31. The van der Waals surface area contributed by atoms with Gasteiger partial charge in [0, 0.05) is 16.7 Å². The molecule has 1 heterocycles. The zero-order valence-electron chi connectivity index (χ0n) is 11.6. The van der Waals surface area contributed by atoms with E-state index in [-0.39, 0.29) is 18.5 Å². The lowest BCUT2D eigenvalue weighted by molar-refractivity contribution is 0.204.